The van der Waals surface area contributed by atoms with Crippen LogP contribution in [0.3, 0.4) is 0 Å². The van der Waals surface area contributed by atoms with Crippen molar-refractivity contribution in [2.75, 3.05) is 6.26 Å². The van der Waals surface area contributed by atoms with E-state index in [-0.39, 0.29) is 23.4 Å². The van der Waals surface area contributed by atoms with E-state index in [1.807, 2.05) is 0 Å². The molecule has 1 aromatic heterocycles. The molecule has 0 saturated carbocycles. The highest BCUT2D eigenvalue weighted by Crippen LogP contribution is 2.24. The van der Waals surface area contributed by atoms with Crippen LogP contribution in [0, 0.1) is 0 Å². The fourth-order valence-corrected chi connectivity index (χ4v) is 4.24. The Balaban J connectivity index is 1.56. The summed E-state index contributed by atoms with van der Waals surface area (Å²) in [4.78, 5) is 24.1. The number of hydrogen-bond donors (Lipinski definition) is 1. The fourth-order valence-electron chi connectivity index (χ4n) is 3.44. The molecular formula is C25H20O7S. The van der Waals surface area contributed by atoms with E-state index in [2.05, 4.69) is 0 Å². The minimum Gasteiger partial charge on any atom is -0.489 e. The fraction of sp³-hybridized carbons (Fsp3) is 0.120. The number of carboxylic acid groups (broad SMARTS) is 1. The summed E-state index contributed by atoms with van der Waals surface area (Å²) in [6.45, 7) is 0.161. The van der Waals surface area contributed by atoms with Crippen molar-refractivity contribution in [2.45, 2.75) is 12.4 Å². The number of aromatic carboxylic acids is 1. The second kappa shape index (κ2) is 8.91. The van der Waals surface area contributed by atoms with Gasteiger partial charge in [0.25, 0.3) is 0 Å². The van der Waals surface area contributed by atoms with Gasteiger partial charge >= 0.3 is 5.97 Å². The summed E-state index contributed by atoms with van der Waals surface area (Å²) >= 11 is 0. The van der Waals surface area contributed by atoms with Crippen molar-refractivity contribution in [2.24, 2.45) is 0 Å². The molecule has 8 heteroatoms. The van der Waals surface area contributed by atoms with Crippen molar-refractivity contribution in [1.82, 2.24) is 0 Å². The molecule has 0 aliphatic heterocycles. The van der Waals surface area contributed by atoms with E-state index < -0.39 is 15.8 Å². The van der Waals surface area contributed by atoms with Gasteiger partial charge in [-0.25, -0.2) is 13.2 Å². The van der Waals surface area contributed by atoms with Crippen LogP contribution in [-0.4, -0.2) is 25.7 Å². The molecule has 7 nitrogen and oxygen atoms in total. The molecule has 3 aromatic carbocycles. The Labute approximate surface area is 189 Å². The Morgan fingerprint density at radius 3 is 2.45 bits per heavy atom. The maximum absolute atomic E-state index is 13.0. The van der Waals surface area contributed by atoms with Gasteiger partial charge in [-0.2, -0.15) is 0 Å². The smallest absolute Gasteiger partial charge is 0.335 e. The second-order valence-corrected chi connectivity index (χ2v) is 9.84. The molecule has 4 rings (SSSR count). The maximum atomic E-state index is 13.0. The van der Waals surface area contributed by atoms with Crippen molar-refractivity contribution in [1.29, 1.82) is 0 Å². The Morgan fingerprint density at radius 1 is 1.00 bits per heavy atom. The summed E-state index contributed by atoms with van der Waals surface area (Å²) in [7, 11) is -3.14. The molecule has 1 N–H and O–H groups in total. The quantitative estimate of drug-likeness (QED) is 0.434. The first kappa shape index (κ1) is 22.3. The van der Waals surface area contributed by atoms with Crippen LogP contribution < -0.4 is 10.2 Å². The second-order valence-electron chi connectivity index (χ2n) is 7.70. The average molecular weight is 464 g/mol. The predicted molar refractivity (Wildman–Crippen MR) is 124 cm³/mol. The van der Waals surface area contributed by atoms with Crippen LogP contribution in [0.2, 0.25) is 0 Å². The standard InChI is InChI=1S/C25H20O7S/c1-33(29,30)15-16-5-7-18(8-6-16)22-14-32-23-12-20(9-10-21(23)24(22)26)31-13-17-3-2-4-19(11-17)25(27)28/h2-12,14H,13,15H2,1H3,(H,27,28). The number of benzene rings is 3. The number of carbonyl (C=O) groups is 1. The normalized spacial score (nSPS) is 11.4. The third-order valence-corrected chi connectivity index (χ3v) is 5.88. The lowest BCUT2D eigenvalue weighted by Gasteiger charge is -2.09. The number of rotatable bonds is 7. The first-order valence-corrected chi connectivity index (χ1v) is 12.0. The van der Waals surface area contributed by atoms with Crippen molar-refractivity contribution in [3.8, 4) is 16.9 Å². The van der Waals surface area contributed by atoms with Crippen molar-refractivity contribution in [3.63, 3.8) is 0 Å². The zero-order valence-corrected chi connectivity index (χ0v) is 18.5. The molecule has 1 heterocycles. The summed E-state index contributed by atoms with van der Waals surface area (Å²) in [5, 5.41) is 9.48. The molecule has 0 amide bonds. The van der Waals surface area contributed by atoms with Crippen LogP contribution in [0.1, 0.15) is 21.5 Å². The van der Waals surface area contributed by atoms with E-state index in [9.17, 15) is 18.0 Å². The Morgan fingerprint density at radius 2 is 1.76 bits per heavy atom. The minimum atomic E-state index is -3.14. The number of sulfone groups is 1. The molecule has 0 aliphatic carbocycles. The van der Waals surface area contributed by atoms with Gasteiger partial charge in [-0.05, 0) is 41.0 Å². The SMILES string of the molecule is CS(=O)(=O)Cc1ccc(-c2coc3cc(OCc4cccc(C(=O)O)c4)ccc3c2=O)cc1. The van der Waals surface area contributed by atoms with E-state index in [4.69, 9.17) is 14.3 Å². The third-order valence-electron chi connectivity index (χ3n) is 5.02. The highest BCUT2D eigenvalue weighted by Gasteiger charge is 2.12. The van der Waals surface area contributed by atoms with E-state index in [0.29, 0.717) is 39.0 Å². The zero-order valence-electron chi connectivity index (χ0n) is 17.6. The lowest BCUT2D eigenvalue weighted by atomic mass is 10.0. The van der Waals surface area contributed by atoms with E-state index in [1.54, 1.807) is 54.6 Å². The Hall–Kier alpha value is -3.91. The number of ether oxygens (including phenoxy) is 1. The first-order valence-electron chi connectivity index (χ1n) is 9.97. The molecular weight excluding hydrogens is 444 g/mol. The summed E-state index contributed by atoms with van der Waals surface area (Å²) in [6, 6.07) is 18.1. The van der Waals surface area contributed by atoms with Crippen LogP contribution in [0.15, 0.2) is 82.2 Å². The van der Waals surface area contributed by atoms with Crippen LogP contribution >= 0.6 is 0 Å². The molecule has 168 valence electrons. The number of carboxylic acids is 1. The zero-order chi connectivity index (χ0) is 23.6. The Kier molecular flexibility index (Phi) is 6.02. The monoisotopic (exact) mass is 464 g/mol. The van der Waals surface area contributed by atoms with Gasteiger partial charge in [-0.3, -0.25) is 4.79 Å². The Bertz CT molecular complexity index is 1500. The first-order chi connectivity index (χ1) is 15.7. The lowest BCUT2D eigenvalue weighted by Crippen LogP contribution is -2.05. The number of hydrogen-bond acceptors (Lipinski definition) is 6. The van der Waals surface area contributed by atoms with Gasteiger partial charge in [0.2, 0.25) is 0 Å². The molecule has 4 aromatic rings. The topological polar surface area (TPSA) is 111 Å². The lowest BCUT2D eigenvalue weighted by molar-refractivity contribution is 0.0696. The van der Waals surface area contributed by atoms with Crippen molar-refractivity contribution in [3.05, 3.63) is 99.9 Å². The highest BCUT2D eigenvalue weighted by atomic mass is 32.2. The number of fused-ring (bicyclic) bond motifs is 1. The van der Waals surface area contributed by atoms with Gasteiger partial charge in [0.05, 0.1) is 22.3 Å². The predicted octanol–water partition coefficient (Wildman–Crippen LogP) is 4.28. The van der Waals surface area contributed by atoms with Crippen LogP contribution in [0.25, 0.3) is 22.1 Å². The molecule has 0 aliphatic rings. The van der Waals surface area contributed by atoms with Crippen molar-refractivity contribution >= 4 is 26.8 Å². The molecule has 0 unspecified atom stereocenters. The van der Waals surface area contributed by atoms with Gasteiger partial charge in [-0.1, -0.05) is 36.4 Å². The average Bonchev–Trinajstić information content (AvgIpc) is 2.78. The maximum Gasteiger partial charge on any atom is 0.335 e. The highest BCUT2D eigenvalue weighted by molar-refractivity contribution is 7.89. The summed E-state index contributed by atoms with van der Waals surface area (Å²) in [5.74, 6) is -0.599. The third kappa shape index (κ3) is 5.30. The van der Waals surface area contributed by atoms with Crippen LogP contribution in [0.5, 0.6) is 5.75 Å². The molecule has 0 radical (unpaired) electrons. The largest absolute Gasteiger partial charge is 0.489 e. The van der Waals surface area contributed by atoms with Gasteiger partial charge in [0.15, 0.2) is 15.3 Å². The summed E-state index contributed by atoms with van der Waals surface area (Å²) < 4.78 is 34.3. The van der Waals surface area contributed by atoms with Crippen LogP contribution in [0.4, 0.5) is 0 Å². The molecule has 0 saturated heterocycles. The molecule has 0 bridgehead atoms. The van der Waals surface area contributed by atoms with Gasteiger partial charge in [0.1, 0.15) is 24.2 Å². The molecule has 0 atom stereocenters. The van der Waals surface area contributed by atoms with Gasteiger partial charge in [-0.15, -0.1) is 0 Å². The molecule has 33 heavy (non-hydrogen) atoms. The minimum absolute atomic E-state index is 0.0665. The molecule has 0 spiro atoms. The summed E-state index contributed by atoms with van der Waals surface area (Å²) in [5.41, 5.74) is 2.65. The van der Waals surface area contributed by atoms with Crippen LogP contribution in [-0.2, 0) is 22.2 Å². The van der Waals surface area contributed by atoms with E-state index in [1.165, 1.54) is 24.7 Å². The van der Waals surface area contributed by atoms with Crippen molar-refractivity contribution < 1.29 is 27.5 Å². The van der Waals surface area contributed by atoms with Gasteiger partial charge in [0, 0.05) is 12.3 Å². The van der Waals surface area contributed by atoms with Gasteiger partial charge < -0.3 is 14.3 Å². The van der Waals surface area contributed by atoms with E-state index in [0.717, 1.165) is 0 Å². The summed E-state index contributed by atoms with van der Waals surface area (Å²) in [6.07, 6.45) is 2.54. The molecule has 0 fully saturated rings. The van der Waals surface area contributed by atoms with E-state index >= 15 is 0 Å².